The van der Waals surface area contributed by atoms with Crippen LogP contribution in [0.2, 0.25) is 0 Å². The lowest BCUT2D eigenvalue weighted by Crippen LogP contribution is -2.18. The average Bonchev–Trinajstić information content (AvgIpc) is 2.40. The van der Waals surface area contributed by atoms with Gasteiger partial charge in [0.1, 0.15) is 0 Å². The van der Waals surface area contributed by atoms with Crippen LogP contribution in [0.3, 0.4) is 0 Å². The Balaban J connectivity index is 2.40. The molecule has 0 spiro atoms. The average molecular weight is 224 g/mol. The Morgan fingerprint density at radius 1 is 0.824 bits per heavy atom. The van der Waals surface area contributed by atoms with Crippen LogP contribution in [-0.4, -0.2) is 0 Å². The Morgan fingerprint density at radius 3 is 1.88 bits per heavy atom. The number of hydrogen-bond acceptors (Lipinski definition) is 2. The maximum Gasteiger partial charge on any atom is 0.0850 e. The Hall–Kier alpha value is -1.96. The maximum atomic E-state index is 6.96. The molecule has 2 nitrogen and oxygen atoms in total. The molecule has 17 heavy (non-hydrogen) atoms. The molecular weight excluding hydrogens is 208 g/mol. The van der Waals surface area contributed by atoms with Crippen molar-refractivity contribution in [3.8, 4) is 0 Å². The molecule has 0 aliphatic rings. The van der Waals surface area contributed by atoms with Gasteiger partial charge in [0, 0.05) is 5.41 Å². The molecule has 2 rings (SSSR count). The second-order valence-electron chi connectivity index (χ2n) is 4.65. The van der Waals surface area contributed by atoms with Gasteiger partial charge in [0.25, 0.3) is 0 Å². The monoisotopic (exact) mass is 224 g/mol. The number of nitrogens with one attached hydrogen (secondary N) is 1. The van der Waals surface area contributed by atoms with E-state index >= 15 is 0 Å². The van der Waals surface area contributed by atoms with Gasteiger partial charge in [-0.15, -0.1) is 0 Å². The molecule has 0 aromatic heterocycles. The Kier molecular flexibility index (Phi) is 3.05. The number of benzene rings is 2. The van der Waals surface area contributed by atoms with Crippen LogP contribution in [0.25, 0.3) is 0 Å². The van der Waals surface area contributed by atoms with Gasteiger partial charge in [-0.25, -0.2) is 5.53 Å². The van der Waals surface area contributed by atoms with Gasteiger partial charge in [0.2, 0.25) is 0 Å². The van der Waals surface area contributed by atoms with Gasteiger partial charge in [-0.3, -0.25) is 0 Å². The van der Waals surface area contributed by atoms with E-state index in [9.17, 15) is 0 Å². The zero-order valence-corrected chi connectivity index (χ0v) is 10.1. The normalized spacial score (nSPS) is 11.2. The van der Waals surface area contributed by atoms with Crippen LogP contribution < -0.4 is 0 Å². The van der Waals surface area contributed by atoms with Crippen LogP contribution in [-0.2, 0) is 5.41 Å². The first-order chi connectivity index (χ1) is 8.14. The van der Waals surface area contributed by atoms with Crippen molar-refractivity contribution >= 4 is 5.69 Å². The minimum Gasteiger partial charge on any atom is -0.204 e. The van der Waals surface area contributed by atoms with E-state index in [0.717, 1.165) is 0 Å². The fourth-order valence-electron chi connectivity index (χ4n) is 1.97. The third kappa shape index (κ3) is 2.26. The Bertz CT molecular complexity index is 498. The predicted molar refractivity (Wildman–Crippen MR) is 69.8 cm³/mol. The summed E-state index contributed by atoms with van der Waals surface area (Å²) in [7, 11) is 0. The highest BCUT2D eigenvalue weighted by Crippen LogP contribution is 2.32. The lowest BCUT2D eigenvalue weighted by Gasteiger charge is -2.26. The fourth-order valence-corrected chi connectivity index (χ4v) is 1.97. The zero-order chi connectivity index (χ0) is 12.3. The van der Waals surface area contributed by atoms with E-state index in [1.807, 2.05) is 30.3 Å². The Labute approximate surface area is 102 Å². The van der Waals surface area contributed by atoms with Crippen molar-refractivity contribution < 1.29 is 0 Å². The van der Waals surface area contributed by atoms with Gasteiger partial charge in [-0.05, 0) is 23.3 Å². The summed E-state index contributed by atoms with van der Waals surface area (Å²) in [6.45, 7) is 4.41. The summed E-state index contributed by atoms with van der Waals surface area (Å²) in [6, 6.07) is 18.3. The van der Waals surface area contributed by atoms with Gasteiger partial charge in [0.05, 0.1) is 5.69 Å². The highest BCUT2D eigenvalue weighted by molar-refractivity contribution is 5.44. The molecule has 0 radical (unpaired) electrons. The number of nitrogens with zero attached hydrogens (tertiary/aromatic N) is 1. The second kappa shape index (κ2) is 4.50. The third-order valence-electron chi connectivity index (χ3n) is 3.21. The molecule has 0 unspecified atom stereocenters. The van der Waals surface area contributed by atoms with Crippen molar-refractivity contribution in [2.75, 3.05) is 0 Å². The summed E-state index contributed by atoms with van der Waals surface area (Å²) in [5.74, 6) is 0. The summed E-state index contributed by atoms with van der Waals surface area (Å²) >= 11 is 0. The summed E-state index contributed by atoms with van der Waals surface area (Å²) < 4.78 is 0. The largest absolute Gasteiger partial charge is 0.204 e. The molecule has 0 atom stereocenters. The molecule has 2 heteroatoms. The van der Waals surface area contributed by atoms with Crippen molar-refractivity contribution in [2.45, 2.75) is 19.3 Å². The van der Waals surface area contributed by atoms with Crippen LogP contribution in [0.1, 0.15) is 25.0 Å². The highest BCUT2D eigenvalue weighted by Gasteiger charge is 2.22. The van der Waals surface area contributed by atoms with E-state index in [0.29, 0.717) is 5.69 Å². The van der Waals surface area contributed by atoms with Crippen molar-refractivity contribution in [3.63, 3.8) is 0 Å². The maximum absolute atomic E-state index is 6.96. The van der Waals surface area contributed by atoms with Gasteiger partial charge in [0.15, 0.2) is 0 Å². The van der Waals surface area contributed by atoms with Crippen molar-refractivity contribution in [1.82, 2.24) is 0 Å². The molecule has 0 bridgehead atoms. The van der Waals surface area contributed by atoms with Gasteiger partial charge < -0.3 is 0 Å². The molecular formula is C15H16N2. The van der Waals surface area contributed by atoms with E-state index in [-0.39, 0.29) is 5.41 Å². The molecule has 0 fully saturated rings. The van der Waals surface area contributed by atoms with E-state index < -0.39 is 0 Å². The minimum absolute atomic E-state index is 0.0260. The van der Waals surface area contributed by atoms with E-state index in [2.05, 4.69) is 43.2 Å². The lowest BCUT2D eigenvalue weighted by molar-refractivity contribution is 0.641. The predicted octanol–water partition coefficient (Wildman–Crippen LogP) is 4.67. The van der Waals surface area contributed by atoms with E-state index in [1.165, 1.54) is 11.1 Å². The van der Waals surface area contributed by atoms with Crippen LogP contribution >= 0.6 is 0 Å². The Morgan fingerprint density at radius 2 is 1.35 bits per heavy atom. The van der Waals surface area contributed by atoms with E-state index in [4.69, 9.17) is 5.53 Å². The molecule has 0 aliphatic heterocycles. The van der Waals surface area contributed by atoms with E-state index in [1.54, 1.807) is 0 Å². The minimum atomic E-state index is -0.0260. The number of hydrogen-bond donors (Lipinski definition) is 1. The quantitative estimate of drug-likeness (QED) is 0.735. The molecule has 0 saturated carbocycles. The van der Waals surface area contributed by atoms with Crippen molar-refractivity contribution in [2.24, 2.45) is 5.11 Å². The first-order valence-corrected chi connectivity index (χ1v) is 5.68. The third-order valence-corrected chi connectivity index (χ3v) is 3.21. The second-order valence-corrected chi connectivity index (χ2v) is 4.65. The molecule has 0 aliphatic carbocycles. The van der Waals surface area contributed by atoms with Crippen LogP contribution in [0.5, 0.6) is 0 Å². The molecule has 0 amide bonds. The standard InChI is InChI=1S/C15H16N2/c1-15(2,12-6-4-3-5-7-12)13-8-10-14(17-16)11-9-13/h3-11,16H,1-2H3. The highest BCUT2D eigenvalue weighted by atomic mass is 14.9. The first kappa shape index (κ1) is 11.5. The molecule has 0 heterocycles. The molecule has 86 valence electrons. The molecule has 1 N–H and O–H groups in total. The molecule has 0 saturated heterocycles. The number of rotatable bonds is 3. The summed E-state index contributed by atoms with van der Waals surface area (Å²) in [6.07, 6.45) is 0. The van der Waals surface area contributed by atoms with Crippen LogP contribution in [0.15, 0.2) is 59.7 Å². The fraction of sp³-hybridized carbons (Fsp3) is 0.200. The SMILES string of the molecule is CC(C)(c1ccccc1)c1ccc(N=N)cc1. The van der Waals surface area contributed by atoms with Gasteiger partial charge in [-0.2, -0.15) is 5.11 Å². The van der Waals surface area contributed by atoms with Crippen LogP contribution in [0.4, 0.5) is 5.69 Å². The summed E-state index contributed by atoms with van der Waals surface area (Å²) in [4.78, 5) is 0. The molecule has 2 aromatic rings. The molecule has 2 aromatic carbocycles. The summed E-state index contributed by atoms with van der Waals surface area (Å²) in [5.41, 5.74) is 10.1. The van der Waals surface area contributed by atoms with Gasteiger partial charge in [-0.1, -0.05) is 56.3 Å². The first-order valence-electron chi connectivity index (χ1n) is 5.68. The topological polar surface area (TPSA) is 36.2 Å². The van der Waals surface area contributed by atoms with Crippen molar-refractivity contribution in [3.05, 3.63) is 65.7 Å². The lowest BCUT2D eigenvalue weighted by atomic mass is 9.78. The van der Waals surface area contributed by atoms with Crippen molar-refractivity contribution in [1.29, 1.82) is 5.53 Å². The van der Waals surface area contributed by atoms with Crippen LogP contribution in [0, 0.1) is 5.53 Å². The summed E-state index contributed by atoms with van der Waals surface area (Å²) in [5, 5.41) is 3.42. The van der Waals surface area contributed by atoms with Gasteiger partial charge >= 0.3 is 0 Å². The smallest absolute Gasteiger partial charge is 0.0850 e. The zero-order valence-electron chi connectivity index (χ0n) is 10.1.